The molecule has 184 valence electrons. The number of halogens is 2. The second kappa shape index (κ2) is 9.82. The van der Waals surface area contributed by atoms with Gasteiger partial charge in [0.2, 0.25) is 0 Å². The van der Waals surface area contributed by atoms with Gasteiger partial charge >= 0.3 is 5.97 Å². The maximum absolute atomic E-state index is 13.2. The van der Waals surface area contributed by atoms with Crippen LogP contribution >= 0.6 is 34.5 Å². The largest absolute Gasteiger partial charge is 0.491 e. The number of nitrogens with zero attached hydrogens (tertiary/aromatic N) is 4. The molecule has 37 heavy (non-hydrogen) atoms. The number of pyridine rings is 1. The van der Waals surface area contributed by atoms with Crippen LogP contribution in [0.2, 0.25) is 10.0 Å². The summed E-state index contributed by atoms with van der Waals surface area (Å²) in [5.41, 5.74) is 2.02. The van der Waals surface area contributed by atoms with E-state index in [1.807, 2.05) is 6.07 Å². The Hall–Kier alpha value is -3.97. The van der Waals surface area contributed by atoms with E-state index >= 15 is 0 Å². The number of aromatic carboxylic acids is 1. The Kier molecular flexibility index (Phi) is 6.56. The van der Waals surface area contributed by atoms with E-state index < -0.39 is 5.97 Å². The minimum atomic E-state index is -1.05. The highest BCUT2D eigenvalue weighted by Gasteiger charge is 2.19. The molecule has 3 heterocycles. The number of carboxylic acids is 1. The first-order valence-corrected chi connectivity index (χ1v) is 12.6. The summed E-state index contributed by atoms with van der Waals surface area (Å²) >= 11 is 13.7. The number of rotatable bonds is 6. The Morgan fingerprint density at radius 2 is 2.03 bits per heavy atom. The van der Waals surface area contributed by atoms with Gasteiger partial charge in [0.15, 0.2) is 0 Å². The van der Waals surface area contributed by atoms with Crippen LogP contribution < -0.4 is 10.3 Å². The maximum Gasteiger partial charge on any atom is 0.338 e. The number of hydrogen-bond donors (Lipinski definition) is 1. The fourth-order valence-electron chi connectivity index (χ4n) is 4.15. The average molecular weight is 551 g/mol. The molecule has 0 aliphatic carbocycles. The molecule has 0 aliphatic heterocycles. The normalized spacial score (nSPS) is 11.1. The quantitative estimate of drug-likeness (QED) is 0.278. The Morgan fingerprint density at radius 3 is 2.78 bits per heavy atom. The average Bonchev–Trinajstić information content (AvgIpc) is 3.32. The third kappa shape index (κ3) is 4.40. The topological polar surface area (TPSA) is 118 Å². The zero-order chi connectivity index (χ0) is 26.3. The fourth-order valence-corrected chi connectivity index (χ4v) is 5.55. The molecule has 0 radical (unpaired) electrons. The van der Waals surface area contributed by atoms with Gasteiger partial charge in [-0.1, -0.05) is 23.2 Å². The number of benzene rings is 2. The summed E-state index contributed by atoms with van der Waals surface area (Å²) in [6, 6.07) is 12.1. The molecule has 11 heteroatoms. The molecule has 0 aliphatic rings. The Labute approximate surface area is 223 Å². The summed E-state index contributed by atoms with van der Waals surface area (Å²) in [5.74, 6) is -0.0780. The van der Waals surface area contributed by atoms with Crippen molar-refractivity contribution in [3.63, 3.8) is 0 Å². The zero-order valence-electron chi connectivity index (χ0n) is 19.2. The molecular formula is C26H16Cl2N4O4S. The van der Waals surface area contributed by atoms with Crippen molar-refractivity contribution in [1.29, 1.82) is 5.26 Å². The molecule has 3 aromatic heterocycles. The standard InChI is InChI=1S/C26H16Cl2N4O4S/c1-13-31-20-4-3-19(28)17(11-29)22(20)25(33)32(13)8-9-36-21-5-2-14(27)10-16(21)15-6-7-30-23-18(26(34)35)12-37-24(15)23/h2-7,10,12H,8-9H2,1H3,(H,34,35). The Morgan fingerprint density at radius 1 is 1.22 bits per heavy atom. The highest BCUT2D eigenvalue weighted by atomic mass is 35.5. The number of fused-ring (bicyclic) bond motifs is 2. The molecule has 5 rings (SSSR count). The van der Waals surface area contributed by atoms with Crippen LogP contribution in [0.4, 0.5) is 0 Å². The lowest BCUT2D eigenvalue weighted by atomic mass is 10.0. The third-order valence-electron chi connectivity index (χ3n) is 5.87. The van der Waals surface area contributed by atoms with Gasteiger partial charge in [-0.2, -0.15) is 5.26 Å². The van der Waals surface area contributed by atoms with Crippen LogP contribution in [0.1, 0.15) is 21.7 Å². The van der Waals surface area contributed by atoms with Gasteiger partial charge in [-0.3, -0.25) is 14.3 Å². The van der Waals surface area contributed by atoms with Crippen LogP contribution in [0.5, 0.6) is 5.75 Å². The summed E-state index contributed by atoms with van der Waals surface area (Å²) in [5, 5.41) is 21.4. The van der Waals surface area contributed by atoms with E-state index in [1.165, 1.54) is 15.9 Å². The van der Waals surface area contributed by atoms with Crippen LogP contribution in [0.15, 0.2) is 52.8 Å². The molecule has 1 N–H and O–H groups in total. The Balaban J connectivity index is 1.50. The van der Waals surface area contributed by atoms with Crippen molar-refractivity contribution in [1.82, 2.24) is 14.5 Å². The molecule has 0 unspecified atom stereocenters. The van der Waals surface area contributed by atoms with E-state index in [2.05, 4.69) is 9.97 Å². The number of thiophene rings is 1. The second-order valence-electron chi connectivity index (χ2n) is 8.02. The number of carboxylic acid groups (broad SMARTS) is 1. The lowest BCUT2D eigenvalue weighted by Crippen LogP contribution is -2.27. The van der Waals surface area contributed by atoms with E-state index in [-0.39, 0.29) is 40.2 Å². The highest BCUT2D eigenvalue weighted by molar-refractivity contribution is 7.18. The van der Waals surface area contributed by atoms with Crippen molar-refractivity contribution in [3.05, 3.63) is 85.3 Å². The van der Waals surface area contributed by atoms with Gasteiger partial charge < -0.3 is 9.84 Å². The number of hydrogen-bond acceptors (Lipinski definition) is 7. The number of ether oxygens (including phenoxy) is 1. The first kappa shape index (κ1) is 24.7. The fraction of sp³-hybridized carbons (Fsp3) is 0.115. The van der Waals surface area contributed by atoms with Gasteiger partial charge in [0.05, 0.1) is 43.8 Å². The van der Waals surface area contributed by atoms with E-state index in [9.17, 15) is 20.0 Å². The molecule has 0 bridgehead atoms. The lowest BCUT2D eigenvalue weighted by Gasteiger charge is -2.15. The number of carbonyl (C=O) groups is 1. The van der Waals surface area contributed by atoms with Crippen LogP contribution in [-0.2, 0) is 6.54 Å². The monoisotopic (exact) mass is 550 g/mol. The summed E-state index contributed by atoms with van der Waals surface area (Å²) < 4.78 is 8.22. The van der Waals surface area contributed by atoms with Crippen molar-refractivity contribution < 1.29 is 14.6 Å². The summed E-state index contributed by atoms with van der Waals surface area (Å²) in [6.45, 7) is 1.99. The number of nitriles is 1. The van der Waals surface area contributed by atoms with Crippen LogP contribution in [0, 0.1) is 18.3 Å². The van der Waals surface area contributed by atoms with Crippen molar-refractivity contribution in [3.8, 4) is 22.9 Å². The van der Waals surface area contributed by atoms with Crippen molar-refractivity contribution in [2.24, 2.45) is 0 Å². The summed E-state index contributed by atoms with van der Waals surface area (Å²) in [7, 11) is 0. The zero-order valence-corrected chi connectivity index (χ0v) is 21.5. The van der Waals surface area contributed by atoms with Crippen LogP contribution in [0.25, 0.3) is 32.2 Å². The summed E-state index contributed by atoms with van der Waals surface area (Å²) in [6.07, 6.45) is 1.54. The van der Waals surface area contributed by atoms with E-state index in [0.29, 0.717) is 37.9 Å². The molecule has 8 nitrogen and oxygen atoms in total. The van der Waals surface area contributed by atoms with Crippen molar-refractivity contribution in [2.45, 2.75) is 13.5 Å². The van der Waals surface area contributed by atoms with Gasteiger partial charge in [0, 0.05) is 27.7 Å². The van der Waals surface area contributed by atoms with E-state index in [0.717, 1.165) is 5.56 Å². The smallest absolute Gasteiger partial charge is 0.338 e. The molecular weight excluding hydrogens is 535 g/mol. The first-order valence-electron chi connectivity index (χ1n) is 10.9. The minimum absolute atomic E-state index is 0.0877. The predicted molar refractivity (Wildman–Crippen MR) is 143 cm³/mol. The first-order chi connectivity index (χ1) is 17.8. The molecule has 0 atom stereocenters. The minimum Gasteiger partial charge on any atom is -0.491 e. The molecule has 0 saturated carbocycles. The van der Waals surface area contributed by atoms with Crippen molar-refractivity contribution >= 4 is 61.6 Å². The van der Waals surface area contributed by atoms with E-state index in [1.54, 1.807) is 54.9 Å². The van der Waals surface area contributed by atoms with Gasteiger partial charge in [0.25, 0.3) is 5.56 Å². The third-order valence-corrected chi connectivity index (χ3v) is 7.42. The predicted octanol–water partition coefficient (Wildman–Crippen LogP) is 5.94. The van der Waals surface area contributed by atoms with Gasteiger partial charge in [0.1, 0.15) is 24.3 Å². The van der Waals surface area contributed by atoms with Gasteiger partial charge in [-0.05, 0) is 43.3 Å². The Bertz CT molecular complexity index is 1820. The highest BCUT2D eigenvalue weighted by Crippen LogP contribution is 2.39. The SMILES string of the molecule is Cc1nc2ccc(Cl)c(C#N)c2c(=O)n1CCOc1ccc(Cl)cc1-c1ccnc2c(C(=O)O)csc12. The summed E-state index contributed by atoms with van der Waals surface area (Å²) in [4.78, 5) is 33.5. The van der Waals surface area contributed by atoms with E-state index in [4.69, 9.17) is 27.9 Å². The molecule has 2 aromatic carbocycles. The number of aromatic nitrogens is 3. The molecule has 0 fully saturated rings. The molecule has 0 amide bonds. The molecule has 5 aromatic rings. The second-order valence-corrected chi connectivity index (χ2v) is 9.75. The van der Waals surface area contributed by atoms with Crippen LogP contribution in [0.3, 0.4) is 0 Å². The lowest BCUT2D eigenvalue weighted by molar-refractivity contribution is 0.0699. The van der Waals surface area contributed by atoms with Gasteiger partial charge in [-0.15, -0.1) is 11.3 Å². The molecule has 0 saturated heterocycles. The molecule has 0 spiro atoms. The number of aryl methyl sites for hydroxylation is 1. The van der Waals surface area contributed by atoms with Crippen LogP contribution in [-0.4, -0.2) is 32.2 Å². The van der Waals surface area contributed by atoms with Gasteiger partial charge in [-0.25, -0.2) is 9.78 Å². The maximum atomic E-state index is 13.2. The van der Waals surface area contributed by atoms with Crippen molar-refractivity contribution in [2.75, 3.05) is 6.61 Å².